The van der Waals surface area contributed by atoms with Crippen LogP contribution in [0.3, 0.4) is 0 Å². The fourth-order valence-corrected chi connectivity index (χ4v) is 4.35. The van der Waals surface area contributed by atoms with E-state index in [1.54, 1.807) is 24.1 Å². The molecule has 0 amide bonds. The Labute approximate surface area is 173 Å². The van der Waals surface area contributed by atoms with Crippen molar-refractivity contribution >= 4 is 21.8 Å². The molecule has 1 aromatic rings. The van der Waals surface area contributed by atoms with Crippen LogP contribution in [0.4, 0.5) is 0 Å². The van der Waals surface area contributed by atoms with Gasteiger partial charge < -0.3 is 15.5 Å². The van der Waals surface area contributed by atoms with E-state index in [-0.39, 0.29) is 5.84 Å². The molecule has 0 radical (unpaired) electrons. The number of nitrogens with two attached hydrogens (primary N) is 1. The molecule has 2 aliphatic rings. The van der Waals surface area contributed by atoms with Gasteiger partial charge in [0.1, 0.15) is 11.9 Å². The highest BCUT2D eigenvalue weighted by Gasteiger charge is 2.37. The number of benzene rings is 1. The average Bonchev–Trinajstić information content (AvgIpc) is 2.70. The zero-order valence-electron chi connectivity index (χ0n) is 15.8. The van der Waals surface area contributed by atoms with Crippen LogP contribution < -0.4 is 5.73 Å². The number of amidine groups is 1. The summed E-state index contributed by atoms with van der Waals surface area (Å²) in [5, 5.41) is 28.2. The number of rotatable bonds is 2. The third-order valence-electron chi connectivity index (χ3n) is 5.28. The van der Waals surface area contributed by atoms with Crippen LogP contribution in [0.1, 0.15) is 23.5 Å². The van der Waals surface area contributed by atoms with Gasteiger partial charge in [-0.05, 0) is 46.6 Å². The van der Waals surface area contributed by atoms with Gasteiger partial charge in [-0.1, -0.05) is 18.2 Å². The van der Waals surface area contributed by atoms with E-state index in [0.717, 1.165) is 36.3 Å². The van der Waals surface area contributed by atoms with Crippen molar-refractivity contribution in [1.82, 2.24) is 9.80 Å². The SMILES string of the molecule is CN1CC=C(C2=C(C#N)C(c3cccc(C#N)c3Br)/C(=C/N)C(=N)N2C)CC1. The lowest BCUT2D eigenvalue weighted by Gasteiger charge is -2.38. The van der Waals surface area contributed by atoms with E-state index >= 15 is 0 Å². The molecule has 0 fully saturated rings. The first-order valence-electron chi connectivity index (χ1n) is 8.89. The number of halogens is 1. The largest absolute Gasteiger partial charge is 0.404 e. The standard InChI is InChI=1S/C21H21BrN6/c1-27-8-6-13(7-9-27)20-16(11-24)18(17(12-25)21(26)28(20)2)15-5-3-4-14(10-23)19(15)22/h3-6,12,18,26H,7-9,25H2,1-2H3/b17-12-,26-21?. The average molecular weight is 437 g/mol. The Morgan fingerprint density at radius 1 is 1.29 bits per heavy atom. The molecule has 1 aromatic carbocycles. The molecule has 0 spiro atoms. The minimum atomic E-state index is -0.503. The monoisotopic (exact) mass is 436 g/mol. The van der Waals surface area contributed by atoms with E-state index in [1.165, 1.54) is 6.20 Å². The summed E-state index contributed by atoms with van der Waals surface area (Å²) < 4.78 is 0.628. The summed E-state index contributed by atoms with van der Waals surface area (Å²) in [6.45, 7) is 1.70. The zero-order valence-corrected chi connectivity index (χ0v) is 17.4. The minimum Gasteiger partial charge on any atom is -0.404 e. The number of hydrogen-bond acceptors (Lipinski definition) is 5. The molecule has 3 N–H and O–H groups in total. The highest BCUT2D eigenvalue weighted by atomic mass is 79.9. The molecule has 0 saturated heterocycles. The van der Waals surface area contributed by atoms with Crippen LogP contribution in [0.25, 0.3) is 0 Å². The lowest BCUT2D eigenvalue weighted by Crippen LogP contribution is -2.38. The van der Waals surface area contributed by atoms with E-state index in [0.29, 0.717) is 21.2 Å². The molecule has 2 aliphatic heterocycles. The summed E-state index contributed by atoms with van der Waals surface area (Å²) in [7, 11) is 3.86. The topological polar surface area (TPSA) is 104 Å². The molecule has 1 atom stereocenters. The molecule has 7 heteroatoms. The quantitative estimate of drug-likeness (QED) is 0.740. The highest BCUT2D eigenvalue weighted by molar-refractivity contribution is 9.10. The van der Waals surface area contributed by atoms with Crippen LogP contribution in [0.5, 0.6) is 0 Å². The van der Waals surface area contributed by atoms with Gasteiger partial charge in [0.15, 0.2) is 0 Å². The molecule has 0 aliphatic carbocycles. The molecule has 28 heavy (non-hydrogen) atoms. The summed E-state index contributed by atoms with van der Waals surface area (Å²) in [5.41, 5.74) is 10.1. The Hall–Kier alpha value is -2.87. The predicted octanol–water partition coefficient (Wildman–Crippen LogP) is 3.21. The van der Waals surface area contributed by atoms with Crippen molar-refractivity contribution in [3.8, 4) is 12.1 Å². The summed E-state index contributed by atoms with van der Waals surface area (Å²) in [4.78, 5) is 3.95. The van der Waals surface area contributed by atoms with Crippen molar-refractivity contribution in [3.05, 3.63) is 68.5 Å². The van der Waals surface area contributed by atoms with E-state index in [2.05, 4.69) is 46.1 Å². The molecule has 1 unspecified atom stereocenters. The van der Waals surface area contributed by atoms with E-state index in [4.69, 9.17) is 11.1 Å². The van der Waals surface area contributed by atoms with E-state index in [1.807, 2.05) is 6.07 Å². The minimum absolute atomic E-state index is 0.260. The first-order valence-corrected chi connectivity index (χ1v) is 9.69. The van der Waals surface area contributed by atoms with Gasteiger partial charge in [-0.3, -0.25) is 5.41 Å². The lowest BCUT2D eigenvalue weighted by molar-refractivity contribution is 0.357. The molecule has 0 saturated carbocycles. The van der Waals surface area contributed by atoms with Crippen LogP contribution in [-0.4, -0.2) is 42.8 Å². The molecular formula is C21H21BrN6. The van der Waals surface area contributed by atoms with Crippen molar-refractivity contribution in [2.24, 2.45) is 5.73 Å². The van der Waals surface area contributed by atoms with Gasteiger partial charge in [0.25, 0.3) is 0 Å². The molecular weight excluding hydrogens is 416 g/mol. The Kier molecular flexibility index (Phi) is 5.69. The number of hydrogen-bond donors (Lipinski definition) is 2. The van der Waals surface area contributed by atoms with Gasteiger partial charge in [-0.2, -0.15) is 10.5 Å². The molecule has 0 bridgehead atoms. The first kappa shape index (κ1) is 19.9. The summed E-state index contributed by atoms with van der Waals surface area (Å²) in [6, 6.07) is 9.92. The third kappa shape index (κ3) is 3.24. The summed E-state index contributed by atoms with van der Waals surface area (Å²) in [6.07, 6.45) is 4.32. The molecule has 6 nitrogen and oxygen atoms in total. The predicted molar refractivity (Wildman–Crippen MR) is 112 cm³/mol. The second-order valence-corrected chi connectivity index (χ2v) is 7.69. The maximum Gasteiger partial charge on any atom is 0.130 e. The third-order valence-corrected chi connectivity index (χ3v) is 6.16. The van der Waals surface area contributed by atoms with Crippen LogP contribution >= 0.6 is 15.9 Å². The Morgan fingerprint density at radius 3 is 2.61 bits per heavy atom. The molecule has 0 aromatic heterocycles. The van der Waals surface area contributed by atoms with Crippen molar-refractivity contribution in [1.29, 1.82) is 15.9 Å². The summed E-state index contributed by atoms with van der Waals surface area (Å²) >= 11 is 3.52. The van der Waals surface area contributed by atoms with Gasteiger partial charge in [0, 0.05) is 36.4 Å². The first-order chi connectivity index (χ1) is 13.4. The van der Waals surface area contributed by atoms with Gasteiger partial charge in [-0.25, -0.2) is 0 Å². The van der Waals surface area contributed by atoms with Gasteiger partial charge in [0.05, 0.1) is 28.8 Å². The van der Waals surface area contributed by atoms with Crippen molar-refractivity contribution in [2.75, 3.05) is 27.2 Å². The fraction of sp³-hybridized carbons (Fsp3) is 0.286. The van der Waals surface area contributed by atoms with E-state index < -0.39 is 5.92 Å². The van der Waals surface area contributed by atoms with Crippen LogP contribution in [0, 0.1) is 28.1 Å². The van der Waals surface area contributed by atoms with Crippen molar-refractivity contribution in [2.45, 2.75) is 12.3 Å². The second kappa shape index (κ2) is 8.02. The maximum atomic E-state index is 10.1. The number of nitrogens with one attached hydrogen (secondary N) is 1. The number of allylic oxidation sites excluding steroid dienone is 2. The zero-order chi connectivity index (χ0) is 20.4. The van der Waals surface area contributed by atoms with Gasteiger partial charge in [-0.15, -0.1) is 0 Å². The van der Waals surface area contributed by atoms with Gasteiger partial charge in [0.2, 0.25) is 0 Å². The normalized spacial score (nSPS) is 22.1. The summed E-state index contributed by atoms with van der Waals surface area (Å²) in [5.74, 6) is -0.243. The molecule has 3 rings (SSSR count). The van der Waals surface area contributed by atoms with Crippen LogP contribution in [0.2, 0.25) is 0 Å². The number of nitriles is 2. The van der Waals surface area contributed by atoms with Crippen LogP contribution in [0.15, 0.2) is 57.4 Å². The van der Waals surface area contributed by atoms with Crippen molar-refractivity contribution in [3.63, 3.8) is 0 Å². The number of nitrogens with zero attached hydrogens (tertiary/aromatic N) is 4. The van der Waals surface area contributed by atoms with E-state index in [9.17, 15) is 10.5 Å². The molecule has 142 valence electrons. The molecule has 2 heterocycles. The van der Waals surface area contributed by atoms with Gasteiger partial charge >= 0.3 is 0 Å². The maximum absolute atomic E-state index is 10.1. The van der Waals surface area contributed by atoms with Crippen molar-refractivity contribution < 1.29 is 0 Å². The number of likely N-dealkylation sites (N-methyl/N-ethyl adjacent to an activating group) is 2. The Balaban J connectivity index is 2.29. The smallest absolute Gasteiger partial charge is 0.130 e. The van der Waals surface area contributed by atoms with Crippen LogP contribution in [-0.2, 0) is 0 Å². The fourth-order valence-electron chi connectivity index (χ4n) is 3.76. The Morgan fingerprint density at radius 2 is 2.04 bits per heavy atom. The lowest BCUT2D eigenvalue weighted by atomic mass is 9.78. The Bertz CT molecular complexity index is 1000. The highest BCUT2D eigenvalue weighted by Crippen LogP contribution is 2.44. The second-order valence-electron chi connectivity index (χ2n) is 6.90.